The van der Waals surface area contributed by atoms with Gasteiger partial charge in [-0.15, -0.1) is 0 Å². The van der Waals surface area contributed by atoms with E-state index in [2.05, 4.69) is 0 Å². The number of nitrogens with two attached hydrogens (primary N) is 1. The molecule has 0 spiro atoms. The molecule has 0 unspecified atom stereocenters. The molecule has 1 amide bonds. The van der Waals surface area contributed by atoms with Gasteiger partial charge in [0.1, 0.15) is 0 Å². The standard InChI is InChI=1S/C14H18N2OS/c15-13-5-2-12(3-6-13)4-7-14(17)16-8-1-10-18-11-9-16/h2-7H,1,8-11,15H2/b7-4+. The van der Waals surface area contributed by atoms with Crippen molar-refractivity contribution in [2.24, 2.45) is 0 Å². The van der Waals surface area contributed by atoms with Crippen LogP contribution in [0, 0.1) is 0 Å². The molecule has 1 saturated heterocycles. The first-order valence-electron chi connectivity index (χ1n) is 6.16. The molecule has 1 fully saturated rings. The van der Waals surface area contributed by atoms with E-state index in [4.69, 9.17) is 5.73 Å². The molecule has 1 aliphatic heterocycles. The fourth-order valence-corrected chi connectivity index (χ4v) is 2.73. The molecule has 2 N–H and O–H groups in total. The number of thioether (sulfide) groups is 1. The van der Waals surface area contributed by atoms with Gasteiger partial charge in [0.15, 0.2) is 0 Å². The zero-order valence-electron chi connectivity index (χ0n) is 10.3. The number of nitrogen functional groups attached to an aromatic ring is 1. The van der Waals surface area contributed by atoms with E-state index in [1.54, 1.807) is 6.08 Å². The van der Waals surface area contributed by atoms with Crippen LogP contribution in [0.1, 0.15) is 12.0 Å². The van der Waals surface area contributed by atoms with Gasteiger partial charge in [-0.1, -0.05) is 12.1 Å². The van der Waals surface area contributed by atoms with Crippen LogP contribution in [-0.2, 0) is 4.79 Å². The maximum Gasteiger partial charge on any atom is 0.246 e. The molecule has 0 saturated carbocycles. The number of carbonyl (C=O) groups excluding carboxylic acids is 1. The van der Waals surface area contributed by atoms with Gasteiger partial charge in [-0.05, 0) is 35.9 Å². The second-order valence-electron chi connectivity index (χ2n) is 4.29. The molecule has 0 aliphatic carbocycles. The molecule has 18 heavy (non-hydrogen) atoms. The molecule has 1 heterocycles. The number of amides is 1. The minimum Gasteiger partial charge on any atom is -0.399 e. The smallest absolute Gasteiger partial charge is 0.246 e. The Hall–Kier alpha value is -1.42. The third-order valence-electron chi connectivity index (χ3n) is 2.89. The van der Waals surface area contributed by atoms with Gasteiger partial charge >= 0.3 is 0 Å². The van der Waals surface area contributed by atoms with Crippen LogP contribution in [0.4, 0.5) is 5.69 Å². The van der Waals surface area contributed by atoms with Crippen LogP contribution >= 0.6 is 11.8 Å². The average Bonchev–Trinajstić information content (AvgIpc) is 2.66. The Balaban J connectivity index is 1.95. The predicted molar refractivity (Wildman–Crippen MR) is 78.4 cm³/mol. The van der Waals surface area contributed by atoms with Gasteiger partial charge in [0, 0.05) is 30.6 Å². The van der Waals surface area contributed by atoms with E-state index in [1.807, 2.05) is 47.0 Å². The molecule has 0 bridgehead atoms. The van der Waals surface area contributed by atoms with Crippen molar-refractivity contribution in [2.75, 3.05) is 30.3 Å². The summed E-state index contributed by atoms with van der Waals surface area (Å²) in [6.45, 7) is 1.73. The van der Waals surface area contributed by atoms with Gasteiger partial charge in [0.2, 0.25) is 5.91 Å². The highest BCUT2D eigenvalue weighted by atomic mass is 32.2. The fourth-order valence-electron chi connectivity index (χ4n) is 1.85. The summed E-state index contributed by atoms with van der Waals surface area (Å²) in [5.41, 5.74) is 7.36. The van der Waals surface area contributed by atoms with Gasteiger partial charge < -0.3 is 10.6 Å². The van der Waals surface area contributed by atoms with E-state index in [9.17, 15) is 4.79 Å². The van der Waals surface area contributed by atoms with Crippen molar-refractivity contribution in [1.82, 2.24) is 4.90 Å². The van der Waals surface area contributed by atoms with E-state index >= 15 is 0 Å². The molecular formula is C14H18N2OS. The van der Waals surface area contributed by atoms with Crippen LogP contribution in [0.3, 0.4) is 0 Å². The monoisotopic (exact) mass is 262 g/mol. The van der Waals surface area contributed by atoms with Gasteiger partial charge in [-0.25, -0.2) is 0 Å². The number of nitrogens with zero attached hydrogens (tertiary/aromatic N) is 1. The molecular weight excluding hydrogens is 244 g/mol. The Labute approximate surface area is 112 Å². The molecule has 0 radical (unpaired) electrons. The van der Waals surface area contributed by atoms with Crippen LogP contribution < -0.4 is 5.73 Å². The lowest BCUT2D eigenvalue weighted by molar-refractivity contribution is -0.125. The van der Waals surface area contributed by atoms with Crippen molar-refractivity contribution in [2.45, 2.75) is 6.42 Å². The second-order valence-corrected chi connectivity index (χ2v) is 5.52. The Morgan fingerprint density at radius 3 is 2.78 bits per heavy atom. The Morgan fingerprint density at radius 1 is 1.22 bits per heavy atom. The van der Waals surface area contributed by atoms with Crippen LogP contribution in [-0.4, -0.2) is 35.4 Å². The van der Waals surface area contributed by atoms with E-state index < -0.39 is 0 Å². The summed E-state index contributed by atoms with van der Waals surface area (Å²) < 4.78 is 0. The minimum absolute atomic E-state index is 0.106. The highest BCUT2D eigenvalue weighted by molar-refractivity contribution is 7.99. The lowest BCUT2D eigenvalue weighted by Crippen LogP contribution is -2.31. The van der Waals surface area contributed by atoms with E-state index in [-0.39, 0.29) is 5.91 Å². The molecule has 4 heteroatoms. The van der Waals surface area contributed by atoms with Crippen LogP contribution in [0.15, 0.2) is 30.3 Å². The summed E-state index contributed by atoms with van der Waals surface area (Å²) in [6.07, 6.45) is 4.59. The average molecular weight is 262 g/mol. The van der Waals surface area contributed by atoms with Crippen molar-refractivity contribution in [3.63, 3.8) is 0 Å². The number of rotatable bonds is 2. The number of carbonyl (C=O) groups is 1. The number of anilines is 1. The zero-order valence-corrected chi connectivity index (χ0v) is 11.2. The van der Waals surface area contributed by atoms with E-state index in [1.165, 1.54) is 0 Å². The Bertz CT molecular complexity index is 420. The third kappa shape index (κ3) is 3.81. The lowest BCUT2D eigenvalue weighted by atomic mass is 10.2. The van der Waals surface area contributed by atoms with Gasteiger partial charge in [0.25, 0.3) is 0 Å². The summed E-state index contributed by atoms with van der Waals surface area (Å²) in [4.78, 5) is 13.9. The largest absolute Gasteiger partial charge is 0.399 e. The van der Waals surface area contributed by atoms with E-state index in [0.29, 0.717) is 0 Å². The maximum atomic E-state index is 12.0. The molecule has 1 aromatic rings. The van der Waals surface area contributed by atoms with Crippen molar-refractivity contribution < 1.29 is 4.79 Å². The molecule has 1 aliphatic rings. The normalized spacial score (nSPS) is 16.8. The lowest BCUT2D eigenvalue weighted by Gasteiger charge is -2.17. The highest BCUT2D eigenvalue weighted by Gasteiger charge is 2.12. The third-order valence-corrected chi connectivity index (χ3v) is 3.94. The van der Waals surface area contributed by atoms with Gasteiger partial charge in [-0.2, -0.15) is 11.8 Å². The summed E-state index contributed by atoms with van der Waals surface area (Å²) in [5, 5.41) is 0. The summed E-state index contributed by atoms with van der Waals surface area (Å²) in [7, 11) is 0. The zero-order chi connectivity index (χ0) is 12.8. The maximum absolute atomic E-state index is 12.0. The molecule has 1 aromatic carbocycles. The van der Waals surface area contributed by atoms with Crippen LogP contribution in [0.5, 0.6) is 0 Å². The summed E-state index contributed by atoms with van der Waals surface area (Å²) >= 11 is 1.92. The topological polar surface area (TPSA) is 46.3 Å². The first-order chi connectivity index (χ1) is 8.75. The molecule has 0 atom stereocenters. The van der Waals surface area contributed by atoms with Crippen molar-refractivity contribution in [3.05, 3.63) is 35.9 Å². The Morgan fingerprint density at radius 2 is 2.00 bits per heavy atom. The minimum atomic E-state index is 0.106. The van der Waals surface area contributed by atoms with Crippen molar-refractivity contribution in [1.29, 1.82) is 0 Å². The second kappa shape index (κ2) is 6.50. The van der Waals surface area contributed by atoms with Crippen LogP contribution in [0.2, 0.25) is 0 Å². The summed E-state index contributed by atoms with van der Waals surface area (Å²) in [6, 6.07) is 7.51. The Kier molecular flexibility index (Phi) is 4.70. The van der Waals surface area contributed by atoms with Gasteiger partial charge in [-0.3, -0.25) is 4.79 Å². The molecule has 2 rings (SSSR count). The van der Waals surface area contributed by atoms with Crippen molar-refractivity contribution in [3.8, 4) is 0 Å². The first kappa shape index (κ1) is 13.0. The quantitative estimate of drug-likeness (QED) is 0.657. The number of hydrogen-bond donors (Lipinski definition) is 1. The fraction of sp³-hybridized carbons (Fsp3) is 0.357. The SMILES string of the molecule is Nc1ccc(/C=C/C(=O)N2CCCSCC2)cc1. The van der Waals surface area contributed by atoms with Gasteiger partial charge in [0.05, 0.1) is 0 Å². The molecule has 96 valence electrons. The molecule has 3 nitrogen and oxygen atoms in total. The number of benzene rings is 1. The van der Waals surface area contributed by atoms with Crippen LogP contribution in [0.25, 0.3) is 6.08 Å². The van der Waals surface area contributed by atoms with E-state index in [0.717, 1.165) is 42.3 Å². The van der Waals surface area contributed by atoms with Crippen molar-refractivity contribution >= 4 is 29.4 Å². The summed E-state index contributed by atoms with van der Waals surface area (Å²) in [5.74, 6) is 2.31. The highest BCUT2D eigenvalue weighted by Crippen LogP contribution is 2.11. The number of hydrogen-bond acceptors (Lipinski definition) is 3. The first-order valence-corrected chi connectivity index (χ1v) is 7.31. The molecule has 0 aromatic heterocycles. The predicted octanol–water partition coefficient (Wildman–Crippen LogP) is 2.25.